The summed E-state index contributed by atoms with van der Waals surface area (Å²) in [6.45, 7) is 6.14. The topological polar surface area (TPSA) is 6.48 Å². The molecule has 0 aliphatic carbocycles. The van der Waals surface area contributed by atoms with Crippen LogP contribution in [-0.4, -0.2) is 47.2 Å². The summed E-state index contributed by atoms with van der Waals surface area (Å²) in [5.74, 6) is 0. The molecule has 0 spiro atoms. The maximum absolute atomic E-state index is 2.64. The molecule has 3 heteroatoms. The molecule has 2 rings (SSSR count). The first-order chi connectivity index (χ1) is 5.86. The van der Waals surface area contributed by atoms with Gasteiger partial charge in [-0.2, -0.15) is 0 Å². The number of likely N-dealkylation sites (N-methyl/N-ethyl adjacent to an activating group) is 1. The van der Waals surface area contributed by atoms with Crippen molar-refractivity contribution in [1.82, 2.24) is 9.21 Å². The SMILES string of the molecule is CCN1CCC2C1CCN2SC. The Morgan fingerprint density at radius 1 is 1.25 bits per heavy atom. The minimum absolute atomic E-state index is 0.861. The predicted molar refractivity (Wildman–Crippen MR) is 54.3 cm³/mol. The second kappa shape index (κ2) is 3.56. The molecule has 2 fully saturated rings. The highest BCUT2D eigenvalue weighted by atomic mass is 32.2. The fourth-order valence-corrected chi connectivity index (χ4v) is 3.46. The summed E-state index contributed by atoms with van der Waals surface area (Å²) in [6, 6.07) is 1.74. The Bertz CT molecular complexity index is 145. The lowest BCUT2D eigenvalue weighted by Gasteiger charge is -2.22. The number of fused-ring (bicyclic) bond motifs is 1. The summed E-state index contributed by atoms with van der Waals surface area (Å²) in [5, 5.41) is 0. The van der Waals surface area contributed by atoms with Crippen molar-refractivity contribution in [2.75, 3.05) is 25.9 Å². The number of nitrogens with zero attached hydrogens (tertiary/aromatic N) is 2. The first-order valence-electron chi connectivity index (χ1n) is 4.91. The van der Waals surface area contributed by atoms with Crippen LogP contribution in [0.2, 0.25) is 0 Å². The van der Waals surface area contributed by atoms with Crippen LogP contribution in [0.4, 0.5) is 0 Å². The van der Waals surface area contributed by atoms with Crippen LogP contribution in [0.15, 0.2) is 0 Å². The zero-order chi connectivity index (χ0) is 8.55. The van der Waals surface area contributed by atoms with Crippen molar-refractivity contribution in [2.24, 2.45) is 0 Å². The summed E-state index contributed by atoms with van der Waals surface area (Å²) in [6.07, 6.45) is 4.98. The molecule has 2 unspecified atom stereocenters. The van der Waals surface area contributed by atoms with Gasteiger partial charge in [-0.05, 0) is 25.6 Å². The molecule has 2 saturated heterocycles. The molecule has 0 amide bonds. The molecular weight excluding hydrogens is 168 g/mol. The fraction of sp³-hybridized carbons (Fsp3) is 1.00. The Balaban J connectivity index is 2.01. The summed E-state index contributed by atoms with van der Waals surface area (Å²) >= 11 is 1.93. The molecule has 2 heterocycles. The summed E-state index contributed by atoms with van der Waals surface area (Å²) in [7, 11) is 0. The molecule has 0 saturated carbocycles. The molecule has 0 bridgehead atoms. The third kappa shape index (κ3) is 1.28. The highest BCUT2D eigenvalue weighted by Gasteiger charge is 2.41. The molecule has 2 atom stereocenters. The quantitative estimate of drug-likeness (QED) is 0.602. The van der Waals surface area contributed by atoms with Gasteiger partial charge in [-0.15, -0.1) is 0 Å². The van der Waals surface area contributed by atoms with Crippen LogP contribution in [0.5, 0.6) is 0 Å². The van der Waals surface area contributed by atoms with Gasteiger partial charge in [0, 0.05) is 25.2 Å². The second-order valence-corrected chi connectivity index (χ2v) is 4.50. The first kappa shape index (κ1) is 8.85. The van der Waals surface area contributed by atoms with Gasteiger partial charge in [0.15, 0.2) is 0 Å². The van der Waals surface area contributed by atoms with Crippen molar-refractivity contribution in [2.45, 2.75) is 31.8 Å². The van der Waals surface area contributed by atoms with Crippen LogP contribution in [0, 0.1) is 0 Å². The molecule has 0 radical (unpaired) electrons. The Morgan fingerprint density at radius 2 is 2.00 bits per heavy atom. The lowest BCUT2D eigenvalue weighted by molar-refractivity contribution is 0.262. The van der Waals surface area contributed by atoms with E-state index in [1.807, 2.05) is 11.9 Å². The lowest BCUT2D eigenvalue weighted by atomic mass is 10.1. The minimum Gasteiger partial charge on any atom is -0.299 e. The van der Waals surface area contributed by atoms with E-state index in [0.29, 0.717) is 0 Å². The molecule has 2 nitrogen and oxygen atoms in total. The molecule has 0 aromatic rings. The maximum atomic E-state index is 2.64. The molecule has 12 heavy (non-hydrogen) atoms. The molecule has 0 N–H and O–H groups in total. The monoisotopic (exact) mass is 186 g/mol. The molecular formula is C9H18N2S. The van der Waals surface area contributed by atoms with Gasteiger partial charge in [-0.25, -0.2) is 4.31 Å². The number of hydrogen-bond acceptors (Lipinski definition) is 3. The molecule has 70 valence electrons. The van der Waals surface area contributed by atoms with Crippen LogP contribution in [0.25, 0.3) is 0 Å². The Hall–Kier alpha value is 0.270. The molecule has 2 aliphatic rings. The number of hydrogen-bond donors (Lipinski definition) is 0. The van der Waals surface area contributed by atoms with Gasteiger partial charge in [0.1, 0.15) is 0 Å². The van der Waals surface area contributed by atoms with E-state index < -0.39 is 0 Å². The van der Waals surface area contributed by atoms with E-state index >= 15 is 0 Å². The molecule has 0 aromatic heterocycles. The van der Waals surface area contributed by atoms with E-state index in [4.69, 9.17) is 0 Å². The van der Waals surface area contributed by atoms with Gasteiger partial charge in [0.05, 0.1) is 0 Å². The van der Waals surface area contributed by atoms with E-state index in [2.05, 4.69) is 22.4 Å². The highest BCUT2D eigenvalue weighted by molar-refractivity contribution is 7.96. The van der Waals surface area contributed by atoms with Crippen molar-refractivity contribution >= 4 is 11.9 Å². The average molecular weight is 186 g/mol. The van der Waals surface area contributed by atoms with Crippen molar-refractivity contribution in [3.05, 3.63) is 0 Å². The van der Waals surface area contributed by atoms with E-state index in [1.54, 1.807) is 0 Å². The zero-order valence-electron chi connectivity index (χ0n) is 7.99. The van der Waals surface area contributed by atoms with Crippen molar-refractivity contribution in [1.29, 1.82) is 0 Å². The summed E-state index contributed by atoms with van der Waals surface area (Å²) in [4.78, 5) is 2.64. The van der Waals surface area contributed by atoms with E-state index in [1.165, 1.54) is 32.5 Å². The van der Waals surface area contributed by atoms with Gasteiger partial charge in [-0.1, -0.05) is 18.9 Å². The largest absolute Gasteiger partial charge is 0.299 e. The fourth-order valence-electron chi connectivity index (χ4n) is 2.66. The Kier molecular flexibility index (Phi) is 2.63. The normalized spacial score (nSPS) is 37.5. The third-order valence-electron chi connectivity index (χ3n) is 3.28. The van der Waals surface area contributed by atoms with E-state index in [-0.39, 0.29) is 0 Å². The van der Waals surface area contributed by atoms with Crippen LogP contribution in [0.1, 0.15) is 19.8 Å². The van der Waals surface area contributed by atoms with Crippen LogP contribution in [0.3, 0.4) is 0 Å². The van der Waals surface area contributed by atoms with Gasteiger partial charge in [0.25, 0.3) is 0 Å². The van der Waals surface area contributed by atoms with Crippen LogP contribution >= 0.6 is 11.9 Å². The predicted octanol–water partition coefficient (Wildman–Crippen LogP) is 1.43. The molecule has 0 aromatic carbocycles. The second-order valence-electron chi connectivity index (χ2n) is 3.66. The third-order valence-corrected chi connectivity index (χ3v) is 4.20. The minimum atomic E-state index is 0.861. The number of rotatable bonds is 2. The Morgan fingerprint density at radius 3 is 2.67 bits per heavy atom. The van der Waals surface area contributed by atoms with Gasteiger partial charge in [0.2, 0.25) is 0 Å². The van der Waals surface area contributed by atoms with E-state index in [9.17, 15) is 0 Å². The Labute approximate surface area is 79.4 Å². The van der Waals surface area contributed by atoms with Crippen molar-refractivity contribution in [3.63, 3.8) is 0 Å². The number of likely N-dealkylation sites (tertiary alicyclic amines) is 1. The van der Waals surface area contributed by atoms with Crippen LogP contribution < -0.4 is 0 Å². The molecule has 2 aliphatic heterocycles. The van der Waals surface area contributed by atoms with Crippen molar-refractivity contribution in [3.8, 4) is 0 Å². The maximum Gasteiger partial charge on any atom is 0.0370 e. The van der Waals surface area contributed by atoms with Crippen molar-refractivity contribution < 1.29 is 0 Å². The lowest BCUT2D eigenvalue weighted by Crippen LogP contribution is -2.33. The standard InChI is InChI=1S/C9H18N2S/c1-3-10-6-4-9-8(10)5-7-11(9)12-2/h8-9H,3-7H2,1-2H3. The summed E-state index contributed by atoms with van der Waals surface area (Å²) < 4.78 is 2.57. The van der Waals surface area contributed by atoms with Gasteiger partial charge < -0.3 is 0 Å². The van der Waals surface area contributed by atoms with E-state index in [0.717, 1.165) is 12.1 Å². The average Bonchev–Trinajstić information content (AvgIpc) is 2.62. The van der Waals surface area contributed by atoms with Gasteiger partial charge >= 0.3 is 0 Å². The smallest absolute Gasteiger partial charge is 0.0370 e. The van der Waals surface area contributed by atoms with Gasteiger partial charge in [-0.3, -0.25) is 4.90 Å². The highest BCUT2D eigenvalue weighted by Crippen LogP contribution is 2.34. The first-order valence-corrected chi connectivity index (χ1v) is 6.09. The summed E-state index contributed by atoms with van der Waals surface area (Å²) in [5.41, 5.74) is 0. The van der Waals surface area contributed by atoms with Crippen LogP contribution in [-0.2, 0) is 0 Å². The zero-order valence-corrected chi connectivity index (χ0v) is 8.81.